The molecule has 26 heavy (non-hydrogen) atoms. The lowest BCUT2D eigenvalue weighted by atomic mass is 10.1. The van der Waals surface area contributed by atoms with E-state index < -0.39 is 10.0 Å². The number of hydrogen-bond donors (Lipinski definition) is 1. The zero-order valence-corrected chi connectivity index (χ0v) is 16.6. The quantitative estimate of drug-likeness (QED) is 0.778. The van der Waals surface area contributed by atoms with E-state index in [1.54, 1.807) is 43.6 Å². The number of ether oxygens (including phenoxy) is 2. The molecule has 1 unspecified atom stereocenters. The summed E-state index contributed by atoms with van der Waals surface area (Å²) in [6, 6.07) is 7.04. The fourth-order valence-electron chi connectivity index (χ4n) is 3.13. The highest BCUT2D eigenvalue weighted by atomic mass is 32.2. The molecule has 2 heterocycles. The number of sulfonamides is 1. The van der Waals surface area contributed by atoms with E-state index in [1.807, 2.05) is 5.38 Å². The van der Waals surface area contributed by atoms with Crippen molar-refractivity contribution in [1.82, 2.24) is 9.62 Å². The number of thiophene rings is 1. The fourth-order valence-corrected chi connectivity index (χ4v) is 5.10. The summed E-state index contributed by atoms with van der Waals surface area (Å²) in [6.07, 6.45) is 0. The maximum absolute atomic E-state index is 12.8. The van der Waals surface area contributed by atoms with Crippen LogP contribution in [0.4, 0.5) is 0 Å². The van der Waals surface area contributed by atoms with Gasteiger partial charge in [0.15, 0.2) is 0 Å². The van der Waals surface area contributed by atoms with Crippen molar-refractivity contribution in [3.8, 4) is 5.75 Å². The Labute approximate surface area is 158 Å². The Hall–Kier alpha value is -1.45. The first-order chi connectivity index (χ1) is 12.5. The van der Waals surface area contributed by atoms with Crippen LogP contribution in [0.3, 0.4) is 0 Å². The molecule has 1 aliphatic rings. The molecule has 0 radical (unpaired) electrons. The van der Waals surface area contributed by atoms with Gasteiger partial charge in [-0.15, -0.1) is 0 Å². The number of morpholine rings is 1. The topological polar surface area (TPSA) is 67.9 Å². The van der Waals surface area contributed by atoms with E-state index in [-0.39, 0.29) is 10.9 Å². The van der Waals surface area contributed by atoms with Crippen LogP contribution < -0.4 is 9.46 Å². The summed E-state index contributed by atoms with van der Waals surface area (Å²) in [5.74, 6) is 0.644. The third-order valence-corrected chi connectivity index (χ3v) is 6.84. The largest absolute Gasteiger partial charge is 0.497 e. The van der Waals surface area contributed by atoms with Crippen LogP contribution in [0.1, 0.15) is 17.2 Å². The van der Waals surface area contributed by atoms with Crippen LogP contribution in [0.5, 0.6) is 5.75 Å². The molecular formula is C18H24N2O4S2. The van der Waals surface area contributed by atoms with Crippen LogP contribution in [0.15, 0.2) is 39.9 Å². The highest BCUT2D eigenvalue weighted by molar-refractivity contribution is 7.89. The molecule has 1 aromatic heterocycles. The average Bonchev–Trinajstić information content (AvgIpc) is 3.16. The van der Waals surface area contributed by atoms with E-state index in [2.05, 4.69) is 21.1 Å². The molecule has 0 amide bonds. The lowest BCUT2D eigenvalue weighted by Crippen LogP contribution is -2.43. The lowest BCUT2D eigenvalue weighted by molar-refractivity contribution is 0.0173. The molecule has 0 aliphatic carbocycles. The van der Waals surface area contributed by atoms with Crippen LogP contribution in [0.2, 0.25) is 0 Å². The molecule has 2 aromatic rings. The first-order valence-electron chi connectivity index (χ1n) is 8.49. The maximum atomic E-state index is 12.8. The van der Waals surface area contributed by atoms with E-state index in [1.165, 1.54) is 0 Å². The van der Waals surface area contributed by atoms with Crippen LogP contribution >= 0.6 is 11.3 Å². The van der Waals surface area contributed by atoms with Gasteiger partial charge in [0, 0.05) is 25.7 Å². The second kappa shape index (κ2) is 8.49. The number of nitrogens with zero attached hydrogens (tertiary/aromatic N) is 1. The Kier molecular flexibility index (Phi) is 6.31. The van der Waals surface area contributed by atoms with Gasteiger partial charge in [-0.1, -0.05) is 0 Å². The van der Waals surface area contributed by atoms with Gasteiger partial charge in [0.25, 0.3) is 0 Å². The van der Waals surface area contributed by atoms with Crippen molar-refractivity contribution in [2.24, 2.45) is 0 Å². The van der Waals surface area contributed by atoms with Gasteiger partial charge < -0.3 is 9.47 Å². The SMILES string of the molecule is COc1ccc(S(=O)(=O)NCC(c2ccsc2)N2CCOCC2)c(C)c1. The molecule has 1 aromatic carbocycles. The van der Waals surface area contributed by atoms with Crippen molar-refractivity contribution in [3.63, 3.8) is 0 Å². The van der Waals surface area contributed by atoms with Gasteiger partial charge >= 0.3 is 0 Å². The molecule has 3 rings (SSSR count). The van der Waals surface area contributed by atoms with Crippen LogP contribution in [0.25, 0.3) is 0 Å². The zero-order chi connectivity index (χ0) is 18.6. The van der Waals surface area contributed by atoms with Crippen LogP contribution in [0, 0.1) is 6.92 Å². The Morgan fingerprint density at radius 2 is 2.08 bits per heavy atom. The van der Waals surface area contributed by atoms with Gasteiger partial charge in [0.05, 0.1) is 25.2 Å². The molecule has 0 bridgehead atoms. The van der Waals surface area contributed by atoms with E-state index in [0.29, 0.717) is 31.1 Å². The van der Waals surface area contributed by atoms with E-state index in [0.717, 1.165) is 18.7 Å². The van der Waals surface area contributed by atoms with Crippen LogP contribution in [-0.2, 0) is 14.8 Å². The predicted molar refractivity (Wildman–Crippen MR) is 102 cm³/mol. The Balaban J connectivity index is 1.77. The monoisotopic (exact) mass is 396 g/mol. The third kappa shape index (κ3) is 4.44. The predicted octanol–water partition coefficient (Wildman–Crippen LogP) is 2.42. The number of methoxy groups -OCH3 is 1. The van der Waals surface area contributed by atoms with Gasteiger partial charge in [0.1, 0.15) is 5.75 Å². The van der Waals surface area contributed by atoms with Crippen molar-refractivity contribution < 1.29 is 17.9 Å². The summed E-state index contributed by atoms with van der Waals surface area (Å²) in [4.78, 5) is 2.55. The highest BCUT2D eigenvalue weighted by Crippen LogP contribution is 2.25. The first kappa shape index (κ1) is 19.3. The average molecular weight is 397 g/mol. The van der Waals surface area contributed by atoms with Crippen LogP contribution in [-0.4, -0.2) is 53.3 Å². The fraction of sp³-hybridized carbons (Fsp3) is 0.444. The number of hydrogen-bond acceptors (Lipinski definition) is 6. The molecule has 8 heteroatoms. The van der Waals surface area contributed by atoms with Crippen molar-refractivity contribution >= 4 is 21.4 Å². The van der Waals surface area contributed by atoms with E-state index in [4.69, 9.17) is 9.47 Å². The molecule has 6 nitrogen and oxygen atoms in total. The van der Waals surface area contributed by atoms with E-state index >= 15 is 0 Å². The molecular weight excluding hydrogens is 372 g/mol. The summed E-state index contributed by atoms with van der Waals surface area (Å²) in [5.41, 5.74) is 1.79. The molecule has 142 valence electrons. The van der Waals surface area contributed by atoms with Crippen molar-refractivity contribution in [2.45, 2.75) is 17.9 Å². The molecule has 1 saturated heterocycles. The summed E-state index contributed by atoms with van der Waals surface area (Å²) < 4.78 is 39.0. The standard InChI is InChI=1S/C18H24N2O4S2/c1-14-11-16(23-2)3-4-18(14)26(21,22)19-12-17(15-5-10-25-13-15)20-6-8-24-9-7-20/h3-5,10-11,13,17,19H,6-9,12H2,1-2H3. The van der Waals surface area contributed by atoms with Crippen molar-refractivity contribution in [3.05, 3.63) is 46.2 Å². The highest BCUT2D eigenvalue weighted by Gasteiger charge is 2.26. The number of benzene rings is 1. The number of nitrogens with one attached hydrogen (secondary N) is 1. The molecule has 0 saturated carbocycles. The Morgan fingerprint density at radius 3 is 2.69 bits per heavy atom. The van der Waals surface area contributed by atoms with Gasteiger partial charge in [-0.2, -0.15) is 11.3 Å². The zero-order valence-electron chi connectivity index (χ0n) is 15.0. The smallest absolute Gasteiger partial charge is 0.240 e. The minimum absolute atomic E-state index is 0.00141. The van der Waals surface area contributed by atoms with Gasteiger partial charge in [-0.05, 0) is 53.1 Å². The molecule has 1 aliphatic heterocycles. The van der Waals surface area contributed by atoms with Gasteiger partial charge in [-0.25, -0.2) is 13.1 Å². The van der Waals surface area contributed by atoms with Gasteiger partial charge in [0.2, 0.25) is 10.0 Å². The minimum atomic E-state index is -3.60. The number of aryl methyl sites for hydroxylation is 1. The number of rotatable bonds is 7. The van der Waals surface area contributed by atoms with E-state index in [9.17, 15) is 8.42 Å². The minimum Gasteiger partial charge on any atom is -0.497 e. The molecule has 1 atom stereocenters. The third-order valence-electron chi connectivity index (χ3n) is 4.55. The molecule has 1 N–H and O–H groups in total. The summed E-state index contributed by atoms with van der Waals surface area (Å²) in [7, 11) is -2.04. The second-order valence-corrected chi connectivity index (χ2v) is 8.72. The lowest BCUT2D eigenvalue weighted by Gasteiger charge is -2.34. The molecule has 1 fully saturated rings. The Morgan fingerprint density at radius 1 is 1.31 bits per heavy atom. The van der Waals surface area contributed by atoms with Crippen molar-refractivity contribution in [1.29, 1.82) is 0 Å². The summed E-state index contributed by atoms with van der Waals surface area (Å²) >= 11 is 1.62. The summed E-state index contributed by atoms with van der Waals surface area (Å²) in [5, 5.41) is 4.10. The molecule has 0 spiro atoms. The maximum Gasteiger partial charge on any atom is 0.240 e. The Bertz CT molecular complexity index is 816. The first-order valence-corrected chi connectivity index (χ1v) is 10.9. The second-order valence-electron chi connectivity index (χ2n) is 6.20. The normalized spacial score (nSPS) is 17.2. The summed E-state index contributed by atoms with van der Waals surface area (Å²) in [6.45, 7) is 5.03. The van der Waals surface area contributed by atoms with Crippen molar-refractivity contribution in [2.75, 3.05) is 40.0 Å². The van der Waals surface area contributed by atoms with Gasteiger partial charge in [-0.3, -0.25) is 4.90 Å².